The minimum atomic E-state index is -3.65. The van der Waals surface area contributed by atoms with E-state index in [-0.39, 0.29) is 23.3 Å². The average molecular weight is 494 g/mol. The highest BCUT2D eigenvalue weighted by Gasteiger charge is 2.27. The summed E-state index contributed by atoms with van der Waals surface area (Å²) in [5, 5.41) is 3.95. The van der Waals surface area contributed by atoms with Crippen molar-refractivity contribution in [3.05, 3.63) is 64.7 Å². The van der Waals surface area contributed by atoms with Gasteiger partial charge in [0, 0.05) is 36.3 Å². The monoisotopic (exact) mass is 493 g/mol. The van der Waals surface area contributed by atoms with E-state index in [0.717, 1.165) is 18.7 Å². The van der Waals surface area contributed by atoms with Crippen molar-refractivity contribution in [2.24, 2.45) is 0 Å². The van der Waals surface area contributed by atoms with Crippen LogP contribution in [0.25, 0.3) is 0 Å². The molecule has 1 heterocycles. The molecule has 0 amide bonds. The van der Waals surface area contributed by atoms with Gasteiger partial charge in [-0.1, -0.05) is 49.7 Å². The van der Waals surface area contributed by atoms with Crippen LogP contribution < -0.4 is 5.32 Å². The zero-order valence-corrected chi connectivity index (χ0v) is 20.7. The van der Waals surface area contributed by atoms with E-state index in [2.05, 4.69) is 24.1 Å². The minimum Gasteiger partial charge on any atom is -0.379 e. The molecule has 2 aromatic carbocycles. The van der Waals surface area contributed by atoms with Crippen molar-refractivity contribution in [3.8, 4) is 0 Å². The van der Waals surface area contributed by atoms with E-state index in [1.165, 1.54) is 16.4 Å². The van der Waals surface area contributed by atoms with E-state index in [9.17, 15) is 13.2 Å². The lowest BCUT2D eigenvalue weighted by Gasteiger charge is -2.30. The van der Waals surface area contributed by atoms with E-state index in [1.54, 1.807) is 12.1 Å². The molecule has 0 bridgehead atoms. The van der Waals surface area contributed by atoms with Crippen molar-refractivity contribution < 1.29 is 17.9 Å². The van der Waals surface area contributed by atoms with E-state index >= 15 is 0 Å². The SMILES string of the molecule is CCN(CC)C(CNCC(=O)c1cccc(S(=O)(=O)N2CCOCC2)c1)c1ccc(Cl)cc1. The predicted octanol–water partition coefficient (Wildman–Crippen LogP) is 3.22. The third-order valence-electron chi connectivity index (χ3n) is 5.89. The smallest absolute Gasteiger partial charge is 0.243 e. The summed E-state index contributed by atoms with van der Waals surface area (Å²) < 4.78 is 32.5. The molecule has 180 valence electrons. The minimum absolute atomic E-state index is 0.0955. The van der Waals surface area contributed by atoms with Crippen molar-refractivity contribution in [1.82, 2.24) is 14.5 Å². The summed E-state index contributed by atoms with van der Waals surface area (Å²) in [5.41, 5.74) is 1.50. The first-order valence-corrected chi connectivity index (χ1v) is 13.1. The van der Waals surface area contributed by atoms with E-state index in [0.29, 0.717) is 43.4 Å². The highest BCUT2D eigenvalue weighted by Crippen LogP contribution is 2.22. The maximum atomic E-state index is 12.9. The Morgan fingerprint density at radius 2 is 1.79 bits per heavy atom. The Bertz CT molecular complexity index is 1020. The molecule has 0 spiro atoms. The summed E-state index contributed by atoms with van der Waals surface area (Å²) in [6.07, 6.45) is 0. The van der Waals surface area contributed by atoms with Gasteiger partial charge in [-0.05, 0) is 42.9 Å². The number of hydrogen-bond acceptors (Lipinski definition) is 6. The Hall–Kier alpha value is -1.81. The van der Waals surface area contributed by atoms with Crippen LogP contribution in [0.1, 0.15) is 35.8 Å². The standard InChI is InChI=1S/C24H32ClN3O4S/c1-3-27(4-2)23(19-8-10-21(25)11-9-19)17-26-18-24(29)20-6-5-7-22(16-20)33(30,31)28-12-14-32-15-13-28/h5-11,16,23,26H,3-4,12-15,17-18H2,1-2H3. The van der Waals surface area contributed by atoms with Crippen molar-refractivity contribution in [2.45, 2.75) is 24.8 Å². The molecular weight excluding hydrogens is 462 g/mol. The van der Waals surface area contributed by atoms with Gasteiger partial charge < -0.3 is 10.1 Å². The number of halogens is 1. The van der Waals surface area contributed by atoms with Crippen LogP contribution in [0.15, 0.2) is 53.4 Å². The molecular formula is C24H32ClN3O4S. The lowest BCUT2D eigenvalue weighted by molar-refractivity contribution is 0.0730. The molecule has 1 aliphatic rings. The zero-order chi connectivity index (χ0) is 23.8. The second-order valence-corrected chi connectivity index (χ2v) is 10.3. The molecule has 2 aromatic rings. The van der Waals surface area contributed by atoms with Crippen molar-refractivity contribution in [3.63, 3.8) is 0 Å². The number of rotatable bonds is 11. The van der Waals surface area contributed by atoms with Gasteiger partial charge in [-0.3, -0.25) is 9.69 Å². The first-order chi connectivity index (χ1) is 15.9. The van der Waals surface area contributed by atoms with Crippen molar-refractivity contribution in [1.29, 1.82) is 0 Å². The van der Waals surface area contributed by atoms with Crippen LogP contribution in [0.5, 0.6) is 0 Å². The summed E-state index contributed by atoms with van der Waals surface area (Å²) in [6, 6.07) is 14.1. The Morgan fingerprint density at radius 1 is 1.12 bits per heavy atom. The van der Waals surface area contributed by atoms with Gasteiger partial charge in [-0.25, -0.2) is 8.42 Å². The van der Waals surface area contributed by atoms with Crippen LogP contribution in [0, 0.1) is 0 Å². The van der Waals surface area contributed by atoms with Crippen LogP contribution in [0.3, 0.4) is 0 Å². The highest BCUT2D eigenvalue weighted by molar-refractivity contribution is 7.89. The number of nitrogens with zero attached hydrogens (tertiary/aromatic N) is 2. The van der Waals surface area contributed by atoms with Gasteiger partial charge in [0.15, 0.2) is 5.78 Å². The number of likely N-dealkylation sites (N-methyl/N-ethyl adjacent to an activating group) is 1. The number of carbonyl (C=O) groups is 1. The molecule has 1 aliphatic heterocycles. The fourth-order valence-electron chi connectivity index (χ4n) is 4.00. The molecule has 33 heavy (non-hydrogen) atoms. The predicted molar refractivity (Wildman–Crippen MR) is 130 cm³/mol. The Morgan fingerprint density at radius 3 is 2.42 bits per heavy atom. The van der Waals surface area contributed by atoms with Gasteiger partial charge in [0.25, 0.3) is 0 Å². The highest BCUT2D eigenvalue weighted by atomic mass is 35.5. The summed E-state index contributed by atoms with van der Waals surface area (Å²) >= 11 is 6.05. The van der Waals surface area contributed by atoms with Gasteiger partial charge in [0.1, 0.15) is 0 Å². The van der Waals surface area contributed by atoms with E-state index in [1.807, 2.05) is 24.3 Å². The molecule has 0 aliphatic carbocycles. The van der Waals surface area contributed by atoms with Crippen LogP contribution in [-0.4, -0.2) is 75.9 Å². The second kappa shape index (κ2) is 12.1. The quantitative estimate of drug-likeness (QED) is 0.484. The van der Waals surface area contributed by atoms with Crippen molar-refractivity contribution >= 4 is 27.4 Å². The topological polar surface area (TPSA) is 79.0 Å². The summed E-state index contributed by atoms with van der Waals surface area (Å²) in [5.74, 6) is -0.150. The molecule has 3 rings (SSSR count). The second-order valence-electron chi connectivity index (χ2n) is 7.89. The normalized spacial score (nSPS) is 16.1. The molecule has 0 radical (unpaired) electrons. The van der Waals surface area contributed by atoms with Gasteiger partial charge in [0.2, 0.25) is 10.0 Å². The van der Waals surface area contributed by atoms with Gasteiger partial charge >= 0.3 is 0 Å². The lowest BCUT2D eigenvalue weighted by Crippen LogP contribution is -2.40. The van der Waals surface area contributed by atoms with E-state index < -0.39 is 10.0 Å². The Balaban J connectivity index is 1.67. The lowest BCUT2D eigenvalue weighted by atomic mass is 10.0. The fourth-order valence-corrected chi connectivity index (χ4v) is 5.58. The first-order valence-electron chi connectivity index (χ1n) is 11.3. The number of morpholine rings is 1. The average Bonchev–Trinajstić information content (AvgIpc) is 2.85. The van der Waals surface area contributed by atoms with E-state index in [4.69, 9.17) is 16.3 Å². The molecule has 1 unspecified atom stereocenters. The Kier molecular flexibility index (Phi) is 9.43. The number of ketones is 1. The number of sulfonamides is 1. The zero-order valence-electron chi connectivity index (χ0n) is 19.2. The molecule has 0 aromatic heterocycles. The molecule has 7 nitrogen and oxygen atoms in total. The maximum absolute atomic E-state index is 12.9. The van der Waals surface area contributed by atoms with Crippen LogP contribution in [-0.2, 0) is 14.8 Å². The molecule has 1 saturated heterocycles. The van der Waals surface area contributed by atoms with Gasteiger partial charge in [-0.15, -0.1) is 0 Å². The molecule has 1 N–H and O–H groups in total. The molecule has 0 saturated carbocycles. The third kappa shape index (κ3) is 6.62. The third-order valence-corrected chi connectivity index (χ3v) is 8.04. The number of ether oxygens (including phenoxy) is 1. The van der Waals surface area contributed by atoms with Crippen LogP contribution in [0.4, 0.5) is 0 Å². The summed E-state index contributed by atoms with van der Waals surface area (Å²) in [7, 11) is -3.65. The van der Waals surface area contributed by atoms with Crippen LogP contribution in [0.2, 0.25) is 5.02 Å². The largest absolute Gasteiger partial charge is 0.379 e. The molecule has 9 heteroatoms. The maximum Gasteiger partial charge on any atom is 0.243 e. The van der Waals surface area contributed by atoms with Gasteiger partial charge in [0.05, 0.1) is 24.7 Å². The summed E-state index contributed by atoms with van der Waals surface area (Å²) in [4.78, 5) is 15.3. The molecule has 1 fully saturated rings. The van der Waals surface area contributed by atoms with Crippen molar-refractivity contribution in [2.75, 3.05) is 52.5 Å². The van der Waals surface area contributed by atoms with Gasteiger partial charge in [-0.2, -0.15) is 4.31 Å². The first kappa shape index (κ1) is 25.8. The number of nitrogens with one attached hydrogen (secondary N) is 1. The summed E-state index contributed by atoms with van der Waals surface area (Å²) in [6.45, 7) is 8.07. The number of hydrogen-bond donors (Lipinski definition) is 1. The number of carbonyl (C=O) groups excluding carboxylic acids is 1. The fraction of sp³-hybridized carbons (Fsp3) is 0.458. The van der Waals surface area contributed by atoms with Crippen LogP contribution >= 0.6 is 11.6 Å². The molecule has 1 atom stereocenters. The Labute approximate surface area is 201 Å². The number of benzene rings is 2. The number of Topliss-reactive ketones (excluding diaryl/α,β-unsaturated/α-hetero) is 1.